The number of carbonyl (C=O) groups is 2. The third-order valence-electron chi connectivity index (χ3n) is 4.94. The van der Waals surface area contributed by atoms with Gasteiger partial charge in [-0.1, -0.05) is 64.5 Å². The standard InChI is InChI=1S/C24H24BrNO5S2/c1-30-20-13-17(8-11-19(20)31-15-16-6-9-18(25)10-7-16)14-21-23(29)26(24(32)33-21)12-4-2-3-5-22(27)28/h6-11,13-14H,2-5,12,15H2,1H3,(H,27,28)/b21-14+. The van der Waals surface area contributed by atoms with Crippen LogP contribution in [0.2, 0.25) is 0 Å². The number of amides is 1. The Bertz CT molecular complexity index is 1060. The van der Waals surface area contributed by atoms with Crippen molar-refractivity contribution in [2.24, 2.45) is 0 Å². The second kappa shape index (κ2) is 12.2. The maximum absolute atomic E-state index is 12.8. The third-order valence-corrected chi connectivity index (χ3v) is 6.85. The van der Waals surface area contributed by atoms with Gasteiger partial charge in [0.2, 0.25) is 0 Å². The number of aliphatic carboxylic acids is 1. The lowest BCUT2D eigenvalue weighted by Crippen LogP contribution is -2.29. The van der Waals surface area contributed by atoms with E-state index in [1.807, 2.05) is 42.5 Å². The number of methoxy groups -OCH3 is 1. The number of hydrogen-bond donors (Lipinski definition) is 1. The fourth-order valence-corrected chi connectivity index (χ4v) is 4.77. The number of thioether (sulfide) groups is 1. The molecular formula is C24H24BrNO5S2. The minimum atomic E-state index is -0.802. The summed E-state index contributed by atoms with van der Waals surface area (Å²) in [5.74, 6) is 0.266. The molecule has 1 N–H and O–H groups in total. The van der Waals surface area contributed by atoms with E-state index in [1.165, 1.54) is 11.8 Å². The van der Waals surface area contributed by atoms with E-state index in [-0.39, 0.29) is 12.3 Å². The van der Waals surface area contributed by atoms with Crippen LogP contribution in [0.3, 0.4) is 0 Å². The Balaban J connectivity index is 1.62. The van der Waals surface area contributed by atoms with Crippen molar-refractivity contribution < 1.29 is 24.2 Å². The van der Waals surface area contributed by atoms with Gasteiger partial charge in [-0.05, 0) is 54.3 Å². The summed E-state index contributed by atoms with van der Waals surface area (Å²) < 4.78 is 12.9. The van der Waals surface area contributed by atoms with Crippen LogP contribution >= 0.6 is 39.9 Å². The lowest BCUT2D eigenvalue weighted by Gasteiger charge is -2.14. The minimum Gasteiger partial charge on any atom is -0.493 e. The number of unbranched alkanes of at least 4 members (excludes halogenated alkanes) is 2. The number of carboxylic acid groups (broad SMARTS) is 1. The van der Waals surface area contributed by atoms with E-state index < -0.39 is 5.97 Å². The second-order valence-corrected chi connectivity index (χ2v) is 9.95. The van der Waals surface area contributed by atoms with Crippen LogP contribution in [0.4, 0.5) is 0 Å². The van der Waals surface area contributed by atoms with E-state index >= 15 is 0 Å². The van der Waals surface area contributed by atoms with Crippen molar-refractivity contribution in [1.29, 1.82) is 0 Å². The molecule has 3 rings (SSSR count). The summed E-state index contributed by atoms with van der Waals surface area (Å²) in [6, 6.07) is 13.4. The molecule has 0 aliphatic carbocycles. The fourth-order valence-electron chi connectivity index (χ4n) is 3.20. The molecule has 9 heteroatoms. The van der Waals surface area contributed by atoms with Gasteiger partial charge in [-0.25, -0.2) is 0 Å². The fraction of sp³-hybridized carbons (Fsp3) is 0.292. The number of benzene rings is 2. The highest BCUT2D eigenvalue weighted by atomic mass is 79.9. The maximum Gasteiger partial charge on any atom is 0.303 e. The molecule has 0 unspecified atom stereocenters. The van der Waals surface area contributed by atoms with Crippen molar-refractivity contribution in [2.45, 2.75) is 32.3 Å². The Morgan fingerprint density at radius 1 is 1.15 bits per heavy atom. The van der Waals surface area contributed by atoms with Gasteiger partial charge in [0.05, 0.1) is 12.0 Å². The quantitative estimate of drug-likeness (QED) is 0.213. The predicted molar refractivity (Wildman–Crippen MR) is 137 cm³/mol. The van der Waals surface area contributed by atoms with E-state index in [2.05, 4.69) is 15.9 Å². The van der Waals surface area contributed by atoms with Crippen LogP contribution in [0, 0.1) is 0 Å². The monoisotopic (exact) mass is 549 g/mol. The van der Waals surface area contributed by atoms with Crippen LogP contribution < -0.4 is 9.47 Å². The summed E-state index contributed by atoms with van der Waals surface area (Å²) in [5.41, 5.74) is 1.85. The van der Waals surface area contributed by atoms with Crippen LogP contribution in [0.1, 0.15) is 36.8 Å². The molecule has 33 heavy (non-hydrogen) atoms. The number of hydrogen-bond acceptors (Lipinski definition) is 6. The van der Waals surface area contributed by atoms with Crippen molar-refractivity contribution in [3.63, 3.8) is 0 Å². The van der Waals surface area contributed by atoms with Crippen LogP contribution in [0.5, 0.6) is 11.5 Å². The van der Waals surface area contributed by atoms with Crippen molar-refractivity contribution >= 4 is 62.2 Å². The first-order chi connectivity index (χ1) is 15.9. The topological polar surface area (TPSA) is 76.1 Å². The molecule has 174 valence electrons. The Morgan fingerprint density at radius 2 is 1.91 bits per heavy atom. The number of thiocarbonyl (C=S) groups is 1. The molecule has 0 bridgehead atoms. The molecule has 1 aliphatic heterocycles. The van der Waals surface area contributed by atoms with Crippen molar-refractivity contribution in [1.82, 2.24) is 4.90 Å². The molecule has 1 saturated heterocycles. The predicted octanol–water partition coefficient (Wildman–Crippen LogP) is 5.88. The van der Waals surface area contributed by atoms with Gasteiger partial charge in [-0.2, -0.15) is 0 Å². The smallest absolute Gasteiger partial charge is 0.303 e. The number of rotatable bonds is 11. The van der Waals surface area contributed by atoms with Crippen LogP contribution in [0.15, 0.2) is 51.8 Å². The van der Waals surface area contributed by atoms with E-state index in [1.54, 1.807) is 18.1 Å². The van der Waals surface area contributed by atoms with Gasteiger partial charge in [-0.15, -0.1) is 0 Å². The first-order valence-corrected chi connectivity index (χ1v) is 12.4. The molecule has 1 heterocycles. The Labute approximate surface area is 211 Å². The zero-order valence-corrected chi connectivity index (χ0v) is 21.3. The van der Waals surface area contributed by atoms with Gasteiger partial charge in [-0.3, -0.25) is 14.5 Å². The number of ether oxygens (including phenoxy) is 2. The SMILES string of the molecule is COc1cc(/C=C2/SC(=S)N(CCCCCC(=O)O)C2=O)ccc1OCc1ccc(Br)cc1. The second-order valence-electron chi connectivity index (χ2n) is 7.36. The molecule has 1 amide bonds. The molecule has 0 saturated carbocycles. The van der Waals surface area contributed by atoms with Crippen LogP contribution in [-0.2, 0) is 16.2 Å². The summed E-state index contributed by atoms with van der Waals surface area (Å²) in [4.78, 5) is 25.5. The number of carboxylic acids is 1. The van der Waals surface area contributed by atoms with Gasteiger partial charge in [0.25, 0.3) is 5.91 Å². The molecule has 0 spiro atoms. The summed E-state index contributed by atoms with van der Waals surface area (Å²) in [5, 5.41) is 8.71. The Kier molecular flexibility index (Phi) is 9.34. The number of halogens is 1. The Morgan fingerprint density at radius 3 is 2.61 bits per heavy atom. The van der Waals surface area contributed by atoms with E-state index in [4.69, 9.17) is 26.8 Å². The maximum atomic E-state index is 12.8. The highest BCUT2D eigenvalue weighted by Crippen LogP contribution is 2.35. The number of nitrogens with zero attached hydrogens (tertiary/aromatic N) is 1. The third kappa shape index (κ3) is 7.31. The normalized spacial score (nSPS) is 14.7. The first kappa shape index (κ1) is 25.3. The minimum absolute atomic E-state index is 0.127. The highest BCUT2D eigenvalue weighted by Gasteiger charge is 2.31. The number of carbonyl (C=O) groups excluding carboxylic acids is 1. The molecule has 1 fully saturated rings. The molecule has 1 aliphatic rings. The van der Waals surface area contributed by atoms with Gasteiger partial charge in [0.15, 0.2) is 11.5 Å². The molecular weight excluding hydrogens is 526 g/mol. The molecule has 0 aromatic heterocycles. The van der Waals surface area contributed by atoms with E-state index in [0.717, 1.165) is 22.0 Å². The molecule has 2 aromatic rings. The first-order valence-electron chi connectivity index (χ1n) is 10.4. The largest absolute Gasteiger partial charge is 0.493 e. The lowest BCUT2D eigenvalue weighted by molar-refractivity contribution is -0.137. The Hall–Kier alpha value is -2.36. The van der Waals surface area contributed by atoms with Crippen molar-refractivity contribution in [3.05, 3.63) is 63.0 Å². The van der Waals surface area contributed by atoms with Crippen LogP contribution in [0.25, 0.3) is 6.08 Å². The summed E-state index contributed by atoms with van der Waals surface area (Å²) >= 11 is 10.1. The van der Waals surface area contributed by atoms with Gasteiger partial charge >= 0.3 is 5.97 Å². The van der Waals surface area contributed by atoms with Gasteiger partial charge in [0.1, 0.15) is 10.9 Å². The zero-order chi connectivity index (χ0) is 23.8. The average molecular weight is 550 g/mol. The zero-order valence-electron chi connectivity index (χ0n) is 18.1. The average Bonchev–Trinajstić information content (AvgIpc) is 3.05. The van der Waals surface area contributed by atoms with Crippen molar-refractivity contribution in [2.75, 3.05) is 13.7 Å². The molecule has 6 nitrogen and oxygen atoms in total. The summed E-state index contributed by atoms with van der Waals surface area (Å²) in [6.45, 7) is 0.905. The summed E-state index contributed by atoms with van der Waals surface area (Å²) in [7, 11) is 1.58. The molecule has 0 atom stereocenters. The van der Waals surface area contributed by atoms with E-state index in [9.17, 15) is 9.59 Å². The highest BCUT2D eigenvalue weighted by molar-refractivity contribution is 9.10. The van der Waals surface area contributed by atoms with Crippen molar-refractivity contribution in [3.8, 4) is 11.5 Å². The van der Waals surface area contributed by atoms with Gasteiger partial charge < -0.3 is 14.6 Å². The molecule has 0 radical (unpaired) electrons. The molecule has 2 aromatic carbocycles. The van der Waals surface area contributed by atoms with Crippen LogP contribution in [-0.4, -0.2) is 39.9 Å². The summed E-state index contributed by atoms with van der Waals surface area (Å²) in [6.07, 6.45) is 3.98. The van der Waals surface area contributed by atoms with E-state index in [0.29, 0.717) is 46.7 Å². The van der Waals surface area contributed by atoms with Gasteiger partial charge in [0, 0.05) is 17.4 Å². The lowest BCUT2D eigenvalue weighted by atomic mass is 10.1.